The number of nitrogens with zero attached hydrogens (tertiary/aromatic N) is 3. The summed E-state index contributed by atoms with van der Waals surface area (Å²) < 4.78 is 20.9. The molecule has 0 bridgehead atoms. The second kappa shape index (κ2) is 13.0. The van der Waals surface area contributed by atoms with Crippen molar-refractivity contribution in [2.45, 2.75) is 39.0 Å². The minimum atomic E-state index is -0.337. The summed E-state index contributed by atoms with van der Waals surface area (Å²) in [5.41, 5.74) is 3.00. The standard InChI is InChI=1S/C26H34ClN3O6/c1-26(2,3)20-15-18(5-8-24(31)36-14-13-35-12-11-34-10-9-33-4)16-23(25(20)32)30-28-21-7-6-19(27)17-22(21)29-30/h6-7,15-17,32H,5,8-14H2,1-4H3. The molecule has 0 saturated carbocycles. The molecule has 1 aromatic heterocycles. The third kappa shape index (κ3) is 7.89. The molecule has 3 rings (SSSR count). The summed E-state index contributed by atoms with van der Waals surface area (Å²) in [6, 6.07) is 8.96. The Morgan fingerprint density at radius 2 is 1.64 bits per heavy atom. The largest absolute Gasteiger partial charge is 0.505 e. The summed E-state index contributed by atoms with van der Waals surface area (Å²) in [6.45, 7) is 8.47. The Morgan fingerprint density at radius 3 is 2.33 bits per heavy atom. The first-order chi connectivity index (χ1) is 17.2. The van der Waals surface area contributed by atoms with E-state index >= 15 is 0 Å². The molecule has 36 heavy (non-hydrogen) atoms. The van der Waals surface area contributed by atoms with E-state index in [0.717, 1.165) is 11.1 Å². The van der Waals surface area contributed by atoms with Crippen LogP contribution in [0.4, 0.5) is 0 Å². The Bertz CT molecular complexity index is 1160. The predicted molar refractivity (Wildman–Crippen MR) is 137 cm³/mol. The van der Waals surface area contributed by atoms with Gasteiger partial charge in [0.15, 0.2) is 0 Å². The van der Waals surface area contributed by atoms with Gasteiger partial charge in [0.1, 0.15) is 29.1 Å². The average Bonchev–Trinajstić information content (AvgIpc) is 3.24. The fourth-order valence-corrected chi connectivity index (χ4v) is 3.70. The van der Waals surface area contributed by atoms with E-state index in [1.807, 2.05) is 26.8 Å². The van der Waals surface area contributed by atoms with E-state index in [1.165, 1.54) is 4.80 Å². The summed E-state index contributed by atoms with van der Waals surface area (Å²) in [7, 11) is 1.62. The highest BCUT2D eigenvalue weighted by atomic mass is 35.5. The molecule has 0 radical (unpaired) electrons. The van der Waals surface area contributed by atoms with Crippen LogP contribution in [0.25, 0.3) is 16.7 Å². The van der Waals surface area contributed by atoms with Crippen molar-refractivity contribution in [1.82, 2.24) is 15.0 Å². The normalized spacial score (nSPS) is 11.8. The second-order valence-corrected chi connectivity index (χ2v) is 9.76. The van der Waals surface area contributed by atoms with Crippen molar-refractivity contribution in [3.8, 4) is 11.4 Å². The van der Waals surface area contributed by atoms with Crippen molar-refractivity contribution in [1.29, 1.82) is 0 Å². The number of carbonyl (C=O) groups is 1. The van der Waals surface area contributed by atoms with Gasteiger partial charge in [-0.25, -0.2) is 0 Å². The summed E-state index contributed by atoms with van der Waals surface area (Å²) >= 11 is 6.08. The summed E-state index contributed by atoms with van der Waals surface area (Å²) in [5.74, 6) is -0.219. The van der Waals surface area contributed by atoms with E-state index in [0.29, 0.717) is 61.2 Å². The molecule has 196 valence electrons. The number of hydrogen-bond donors (Lipinski definition) is 1. The lowest BCUT2D eigenvalue weighted by molar-refractivity contribution is -0.145. The third-order valence-corrected chi connectivity index (χ3v) is 5.66. The maximum absolute atomic E-state index is 12.3. The number of hydrogen-bond acceptors (Lipinski definition) is 8. The van der Waals surface area contributed by atoms with Crippen molar-refractivity contribution in [3.63, 3.8) is 0 Å². The zero-order valence-electron chi connectivity index (χ0n) is 21.3. The highest BCUT2D eigenvalue weighted by molar-refractivity contribution is 6.31. The average molecular weight is 520 g/mol. The highest BCUT2D eigenvalue weighted by Crippen LogP contribution is 2.36. The number of ether oxygens (including phenoxy) is 4. The SMILES string of the molecule is COCCOCCOCCOC(=O)CCc1cc(-n2nc3ccc(Cl)cc3n2)c(O)c(C(C)(C)C)c1. The number of phenolic OH excluding ortho intramolecular Hbond substituents is 1. The van der Waals surface area contributed by atoms with Gasteiger partial charge in [0.2, 0.25) is 0 Å². The number of halogens is 1. The van der Waals surface area contributed by atoms with Gasteiger partial charge in [0.25, 0.3) is 0 Å². The molecule has 0 fully saturated rings. The minimum Gasteiger partial charge on any atom is -0.505 e. The van der Waals surface area contributed by atoms with Gasteiger partial charge in [-0.15, -0.1) is 15.0 Å². The Balaban J connectivity index is 1.61. The minimum absolute atomic E-state index is 0.101. The molecule has 3 aromatic rings. The van der Waals surface area contributed by atoms with Crippen molar-refractivity contribution < 1.29 is 28.8 Å². The molecule has 9 nitrogen and oxygen atoms in total. The Labute approximate surface area is 216 Å². The quantitative estimate of drug-likeness (QED) is 0.264. The zero-order chi connectivity index (χ0) is 26.1. The molecule has 0 aliphatic rings. The number of phenols is 1. The van der Waals surface area contributed by atoms with E-state index in [-0.39, 0.29) is 30.2 Å². The van der Waals surface area contributed by atoms with Gasteiger partial charge in [-0.3, -0.25) is 4.79 Å². The lowest BCUT2D eigenvalue weighted by Crippen LogP contribution is -2.15. The zero-order valence-corrected chi connectivity index (χ0v) is 22.0. The van der Waals surface area contributed by atoms with Crippen molar-refractivity contribution in [3.05, 3.63) is 46.5 Å². The van der Waals surface area contributed by atoms with Crippen LogP contribution in [0.5, 0.6) is 5.75 Å². The predicted octanol–water partition coefficient (Wildman–Crippen LogP) is 4.23. The van der Waals surface area contributed by atoms with Crippen LogP contribution in [0.1, 0.15) is 38.3 Å². The van der Waals surface area contributed by atoms with Gasteiger partial charge in [-0.05, 0) is 41.7 Å². The molecular formula is C26H34ClN3O6. The summed E-state index contributed by atoms with van der Waals surface area (Å²) in [4.78, 5) is 13.7. The highest BCUT2D eigenvalue weighted by Gasteiger charge is 2.23. The van der Waals surface area contributed by atoms with Crippen LogP contribution < -0.4 is 0 Å². The fourth-order valence-electron chi connectivity index (χ4n) is 3.54. The van der Waals surface area contributed by atoms with E-state index in [9.17, 15) is 9.90 Å². The molecule has 0 unspecified atom stereocenters. The van der Waals surface area contributed by atoms with Gasteiger partial charge < -0.3 is 24.1 Å². The lowest BCUT2D eigenvalue weighted by Gasteiger charge is -2.23. The molecule has 0 spiro atoms. The molecule has 0 amide bonds. The number of aromatic nitrogens is 3. The van der Waals surface area contributed by atoms with Gasteiger partial charge >= 0.3 is 5.97 Å². The van der Waals surface area contributed by atoms with E-state index in [1.54, 1.807) is 31.4 Å². The first-order valence-corrected chi connectivity index (χ1v) is 12.3. The fraction of sp³-hybridized carbons (Fsp3) is 0.500. The molecule has 1 heterocycles. The first-order valence-electron chi connectivity index (χ1n) is 11.9. The van der Waals surface area contributed by atoms with Gasteiger partial charge in [-0.1, -0.05) is 38.4 Å². The number of aryl methyl sites for hydroxylation is 1. The number of methoxy groups -OCH3 is 1. The van der Waals surface area contributed by atoms with Gasteiger partial charge in [-0.2, -0.15) is 0 Å². The van der Waals surface area contributed by atoms with Crippen LogP contribution in [0, 0.1) is 0 Å². The Kier molecular flexibility index (Phi) is 10.1. The molecule has 0 atom stereocenters. The number of aromatic hydroxyl groups is 1. The maximum Gasteiger partial charge on any atom is 0.306 e. The number of benzene rings is 2. The number of esters is 1. The van der Waals surface area contributed by atoms with Crippen molar-refractivity contribution in [2.24, 2.45) is 0 Å². The molecule has 0 aliphatic carbocycles. The maximum atomic E-state index is 12.3. The van der Waals surface area contributed by atoms with Crippen molar-refractivity contribution >= 4 is 28.6 Å². The number of rotatable bonds is 13. The second-order valence-electron chi connectivity index (χ2n) is 9.32. The van der Waals surface area contributed by atoms with Crippen molar-refractivity contribution in [2.75, 3.05) is 46.8 Å². The van der Waals surface area contributed by atoms with E-state index in [4.69, 9.17) is 30.5 Å². The van der Waals surface area contributed by atoms with Crippen LogP contribution in [-0.2, 0) is 35.6 Å². The first kappa shape index (κ1) is 27.9. The number of fused-ring (bicyclic) bond motifs is 1. The van der Waals surface area contributed by atoms with Crippen LogP contribution >= 0.6 is 11.6 Å². The van der Waals surface area contributed by atoms with Gasteiger partial charge in [0, 0.05) is 24.1 Å². The van der Waals surface area contributed by atoms with Crippen LogP contribution in [-0.4, -0.2) is 72.8 Å². The Morgan fingerprint density at radius 1 is 0.972 bits per heavy atom. The molecule has 1 N–H and O–H groups in total. The molecule has 2 aromatic carbocycles. The third-order valence-electron chi connectivity index (χ3n) is 5.43. The van der Waals surface area contributed by atoms with Gasteiger partial charge in [0.05, 0.1) is 33.0 Å². The lowest BCUT2D eigenvalue weighted by atomic mass is 9.84. The summed E-state index contributed by atoms with van der Waals surface area (Å²) in [5, 5.41) is 20.6. The van der Waals surface area contributed by atoms with Crippen LogP contribution in [0.2, 0.25) is 5.02 Å². The monoisotopic (exact) mass is 519 g/mol. The van der Waals surface area contributed by atoms with E-state index < -0.39 is 0 Å². The van der Waals surface area contributed by atoms with E-state index in [2.05, 4.69) is 10.2 Å². The Hall–Kier alpha value is -2.72. The van der Waals surface area contributed by atoms with Crippen LogP contribution in [0.3, 0.4) is 0 Å². The molecular weight excluding hydrogens is 486 g/mol. The smallest absolute Gasteiger partial charge is 0.306 e. The summed E-state index contributed by atoms with van der Waals surface area (Å²) in [6.07, 6.45) is 0.633. The molecule has 10 heteroatoms. The molecule has 0 saturated heterocycles. The molecule has 0 aliphatic heterocycles. The van der Waals surface area contributed by atoms with Crippen LogP contribution in [0.15, 0.2) is 30.3 Å². The number of carbonyl (C=O) groups excluding carboxylic acids is 1. The topological polar surface area (TPSA) is 105 Å².